The van der Waals surface area contributed by atoms with E-state index in [0.29, 0.717) is 26.2 Å². The molecule has 0 saturated carbocycles. The number of likely N-dealkylation sites (tertiary alicyclic amines) is 1. The quantitative estimate of drug-likeness (QED) is 0.628. The zero-order valence-electron chi connectivity index (χ0n) is 10.5. The monoisotopic (exact) mass is 243 g/mol. The molecule has 0 bridgehead atoms. The highest BCUT2D eigenvalue weighted by Gasteiger charge is 2.34. The van der Waals surface area contributed by atoms with Crippen LogP contribution in [-0.2, 0) is 14.3 Å². The van der Waals surface area contributed by atoms with Gasteiger partial charge in [-0.1, -0.05) is 0 Å². The topological polar surface area (TPSA) is 84.7 Å². The van der Waals surface area contributed by atoms with Gasteiger partial charge >= 0.3 is 11.8 Å². The molecule has 1 aliphatic heterocycles. The summed E-state index contributed by atoms with van der Waals surface area (Å²) in [6.07, 6.45) is 1.75. The second-order valence-electron chi connectivity index (χ2n) is 4.53. The third-order valence-electron chi connectivity index (χ3n) is 3.06. The SMILES string of the molecule is COC1(C)CCCN(C(=O)C(=O)NCCN)C1. The molecule has 17 heavy (non-hydrogen) atoms. The number of nitrogens with zero attached hydrogens (tertiary/aromatic N) is 1. The number of ether oxygens (including phenoxy) is 1. The number of hydrogen-bond acceptors (Lipinski definition) is 4. The van der Waals surface area contributed by atoms with Gasteiger partial charge in [0.25, 0.3) is 0 Å². The van der Waals surface area contributed by atoms with Gasteiger partial charge in [0.05, 0.1) is 5.60 Å². The van der Waals surface area contributed by atoms with E-state index in [0.717, 1.165) is 12.8 Å². The molecule has 3 N–H and O–H groups in total. The smallest absolute Gasteiger partial charge is 0.311 e. The Labute approximate surface area is 101 Å². The molecule has 1 aliphatic rings. The summed E-state index contributed by atoms with van der Waals surface area (Å²) in [5.41, 5.74) is 4.92. The molecular formula is C11H21N3O3. The van der Waals surface area contributed by atoms with Crippen LogP contribution in [-0.4, -0.2) is 55.6 Å². The van der Waals surface area contributed by atoms with Crippen LogP contribution in [0.4, 0.5) is 0 Å². The van der Waals surface area contributed by atoms with E-state index in [9.17, 15) is 9.59 Å². The van der Waals surface area contributed by atoms with Crippen molar-refractivity contribution in [1.29, 1.82) is 0 Å². The van der Waals surface area contributed by atoms with E-state index in [1.165, 1.54) is 0 Å². The molecule has 0 aromatic carbocycles. The molecule has 0 aliphatic carbocycles. The molecule has 1 rings (SSSR count). The van der Waals surface area contributed by atoms with Crippen molar-refractivity contribution in [2.75, 3.05) is 33.3 Å². The fraction of sp³-hybridized carbons (Fsp3) is 0.818. The minimum Gasteiger partial charge on any atom is -0.377 e. The van der Waals surface area contributed by atoms with E-state index in [-0.39, 0.29) is 5.60 Å². The number of carbonyl (C=O) groups is 2. The van der Waals surface area contributed by atoms with Gasteiger partial charge in [0, 0.05) is 33.3 Å². The third-order valence-corrected chi connectivity index (χ3v) is 3.06. The van der Waals surface area contributed by atoms with Gasteiger partial charge in [0.1, 0.15) is 0 Å². The predicted molar refractivity (Wildman–Crippen MR) is 63.3 cm³/mol. The first-order valence-corrected chi connectivity index (χ1v) is 5.85. The molecule has 1 fully saturated rings. The Morgan fingerprint density at radius 1 is 1.53 bits per heavy atom. The fourth-order valence-electron chi connectivity index (χ4n) is 1.95. The average molecular weight is 243 g/mol. The fourth-order valence-corrected chi connectivity index (χ4v) is 1.95. The lowest BCUT2D eigenvalue weighted by Gasteiger charge is -2.39. The number of carbonyl (C=O) groups excluding carboxylic acids is 2. The lowest BCUT2D eigenvalue weighted by molar-refractivity contribution is -0.150. The van der Waals surface area contributed by atoms with Crippen LogP contribution >= 0.6 is 0 Å². The molecular weight excluding hydrogens is 222 g/mol. The highest BCUT2D eigenvalue weighted by Crippen LogP contribution is 2.23. The Kier molecular flexibility index (Phi) is 4.89. The van der Waals surface area contributed by atoms with Crippen LogP contribution in [0.25, 0.3) is 0 Å². The summed E-state index contributed by atoms with van der Waals surface area (Å²) in [7, 11) is 1.63. The van der Waals surface area contributed by atoms with E-state index in [1.807, 2.05) is 6.92 Å². The Bertz CT molecular complexity index is 296. The molecule has 6 heteroatoms. The van der Waals surface area contributed by atoms with Crippen molar-refractivity contribution in [1.82, 2.24) is 10.2 Å². The van der Waals surface area contributed by atoms with Crippen molar-refractivity contribution in [2.24, 2.45) is 5.73 Å². The van der Waals surface area contributed by atoms with Gasteiger partial charge in [-0.25, -0.2) is 0 Å². The Hall–Kier alpha value is -1.14. The van der Waals surface area contributed by atoms with Gasteiger partial charge < -0.3 is 20.7 Å². The number of hydrogen-bond donors (Lipinski definition) is 2. The lowest BCUT2D eigenvalue weighted by atomic mass is 9.94. The highest BCUT2D eigenvalue weighted by molar-refractivity contribution is 6.35. The number of nitrogens with one attached hydrogen (secondary N) is 1. The Morgan fingerprint density at radius 3 is 2.82 bits per heavy atom. The van der Waals surface area contributed by atoms with Crippen LogP contribution in [0.15, 0.2) is 0 Å². The summed E-state index contributed by atoms with van der Waals surface area (Å²) in [5.74, 6) is -1.09. The molecule has 0 aromatic heterocycles. The third kappa shape index (κ3) is 3.67. The summed E-state index contributed by atoms with van der Waals surface area (Å²) >= 11 is 0. The summed E-state index contributed by atoms with van der Waals surface area (Å²) in [4.78, 5) is 24.9. The molecule has 0 aromatic rings. The number of methoxy groups -OCH3 is 1. The van der Waals surface area contributed by atoms with Crippen LogP contribution in [0.5, 0.6) is 0 Å². The summed E-state index contributed by atoms with van der Waals surface area (Å²) < 4.78 is 5.37. The molecule has 0 spiro atoms. The van der Waals surface area contributed by atoms with Crippen molar-refractivity contribution >= 4 is 11.8 Å². The van der Waals surface area contributed by atoms with Crippen LogP contribution in [0.3, 0.4) is 0 Å². The van der Waals surface area contributed by atoms with E-state index in [1.54, 1.807) is 12.0 Å². The molecule has 6 nitrogen and oxygen atoms in total. The Morgan fingerprint density at radius 2 is 2.24 bits per heavy atom. The number of amides is 2. The van der Waals surface area contributed by atoms with Gasteiger partial charge in [0.15, 0.2) is 0 Å². The van der Waals surface area contributed by atoms with E-state index < -0.39 is 11.8 Å². The average Bonchev–Trinajstić information content (AvgIpc) is 2.35. The first-order valence-electron chi connectivity index (χ1n) is 5.85. The maximum atomic E-state index is 11.8. The summed E-state index contributed by atoms with van der Waals surface area (Å²) in [6.45, 7) is 3.66. The van der Waals surface area contributed by atoms with Gasteiger partial charge in [-0.05, 0) is 19.8 Å². The molecule has 1 atom stereocenters. The van der Waals surface area contributed by atoms with Gasteiger partial charge in [-0.2, -0.15) is 0 Å². The van der Waals surface area contributed by atoms with Crippen LogP contribution in [0, 0.1) is 0 Å². The van der Waals surface area contributed by atoms with E-state index in [4.69, 9.17) is 10.5 Å². The number of nitrogens with two attached hydrogens (primary N) is 1. The first-order chi connectivity index (χ1) is 8.02. The van der Waals surface area contributed by atoms with Crippen LogP contribution < -0.4 is 11.1 Å². The molecule has 2 amide bonds. The van der Waals surface area contributed by atoms with Gasteiger partial charge in [0.2, 0.25) is 0 Å². The minimum absolute atomic E-state index is 0.319. The maximum Gasteiger partial charge on any atom is 0.311 e. The summed E-state index contributed by atoms with van der Waals surface area (Å²) in [5, 5.41) is 2.48. The van der Waals surface area contributed by atoms with Gasteiger partial charge in [-0.3, -0.25) is 9.59 Å². The van der Waals surface area contributed by atoms with Crippen molar-refractivity contribution < 1.29 is 14.3 Å². The lowest BCUT2D eigenvalue weighted by Crippen LogP contribution is -2.53. The van der Waals surface area contributed by atoms with Crippen molar-refractivity contribution in [3.63, 3.8) is 0 Å². The zero-order chi connectivity index (χ0) is 12.9. The minimum atomic E-state index is -0.587. The second-order valence-corrected chi connectivity index (χ2v) is 4.53. The molecule has 98 valence electrons. The van der Waals surface area contributed by atoms with Crippen molar-refractivity contribution in [2.45, 2.75) is 25.4 Å². The second kappa shape index (κ2) is 5.97. The molecule has 1 heterocycles. The van der Waals surface area contributed by atoms with Crippen LogP contribution in [0.2, 0.25) is 0 Å². The normalized spacial score (nSPS) is 24.5. The van der Waals surface area contributed by atoms with Crippen LogP contribution in [0.1, 0.15) is 19.8 Å². The van der Waals surface area contributed by atoms with Crippen molar-refractivity contribution in [3.8, 4) is 0 Å². The van der Waals surface area contributed by atoms with Crippen molar-refractivity contribution in [3.05, 3.63) is 0 Å². The summed E-state index contributed by atoms with van der Waals surface area (Å²) in [6, 6.07) is 0. The highest BCUT2D eigenvalue weighted by atomic mass is 16.5. The zero-order valence-corrected chi connectivity index (χ0v) is 10.5. The molecule has 0 radical (unpaired) electrons. The standard InChI is InChI=1S/C11H21N3O3/c1-11(17-2)4-3-7-14(8-11)10(16)9(15)13-6-5-12/h3-8,12H2,1-2H3,(H,13,15). The van der Waals surface area contributed by atoms with E-state index >= 15 is 0 Å². The predicted octanol–water partition coefficient (Wildman–Crippen LogP) is -0.911. The number of rotatable bonds is 3. The maximum absolute atomic E-state index is 11.8. The van der Waals surface area contributed by atoms with E-state index in [2.05, 4.69) is 5.32 Å². The van der Waals surface area contributed by atoms with Gasteiger partial charge in [-0.15, -0.1) is 0 Å². The molecule has 1 saturated heterocycles. The Balaban J connectivity index is 2.54. The molecule has 1 unspecified atom stereocenters. The first kappa shape index (κ1) is 13.9. The largest absolute Gasteiger partial charge is 0.377 e. The number of piperidine rings is 1.